The first kappa shape index (κ1) is 16.8. The minimum absolute atomic E-state index is 0.515. The molecule has 1 nitrogen and oxygen atoms in total. The van der Waals surface area contributed by atoms with E-state index in [1.54, 1.807) is 0 Å². The quantitative estimate of drug-likeness (QED) is 0.377. The zero-order valence-electron chi connectivity index (χ0n) is 16.4. The Hall–Kier alpha value is -3.16. The maximum atomic E-state index is 2.61. The molecule has 1 heterocycles. The summed E-state index contributed by atoms with van der Waals surface area (Å²) in [6.07, 6.45) is 8.97. The van der Waals surface area contributed by atoms with Gasteiger partial charge in [-0.25, -0.2) is 0 Å². The summed E-state index contributed by atoms with van der Waals surface area (Å²) in [5.74, 6) is 0.515. The molecule has 0 saturated carbocycles. The molecule has 140 valence electrons. The van der Waals surface area contributed by atoms with Gasteiger partial charge in [-0.3, -0.25) is 4.90 Å². The molecule has 6 rings (SSSR count). The van der Waals surface area contributed by atoms with E-state index in [0.717, 1.165) is 19.6 Å². The second-order valence-corrected chi connectivity index (χ2v) is 8.24. The SMILES string of the molecule is C1=CC(CN2Cc3ccc4ccccc4c3-c3c(ccc4ccccc34)C2)C=C1. The van der Waals surface area contributed by atoms with Crippen molar-refractivity contribution in [3.8, 4) is 11.1 Å². The third-order valence-corrected chi connectivity index (χ3v) is 6.37. The van der Waals surface area contributed by atoms with Crippen molar-refractivity contribution in [1.29, 1.82) is 0 Å². The molecule has 0 radical (unpaired) electrons. The highest BCUT2D eigenvalue weighted by atomic mass is 15.1. The van der Waals surface area contributed by atoms with Crippen molar-refractivity contribution in [2.75, 3.05) is 6.54 Å². The van der Waals surface area contributed by atoms with Gasteiger partial charge >= 0.3 is 0 Å². The molecule has 4 aromatic carbocycles. The molecule has 0 unspecified atom stereocenters. The zero-order chi connectivity index (χ0) is 19.2. The monoisotopic (exact) mass is 373 g/mol. The van der Waals surface area contributed by atoms with E-state index in [0.29, 0.717) is 5.92 Å². The Bertz CT molecular complexity index is 1200. The van der Waals surface area contributed by atoms with Gasteiger partial charge in [0.05, 0.1) is 0 Å². The Morgan fingerprint density at radius 3 is 1.69 bits per heavy atom. The van der Waals surface area contributed by atoms with E-state index in [1.165, 1.54) is 43.8 Å². The molecule has 1 aliphatic heterocycles. The second-order valence-electron chi connectivity index (χ2n) is 8.24. The van der Waals surface area contributed by atoms with Gasteiger partial charge in [-0.05, 0) is 43.8 Å². The number of benzene rings is 4. The Morgan fingerprint density at radius 1 is 0.621 bits per heavy atom. The van der Waals surface area contributed by atoms with Crippen LogP contribution >= 0.6 is 0 Å². The Labute approximate surface area is 171 Å². The molecule has 29 heavy (non-hydrogen) atoms. The van der Waals surface area contributed by atoms with Crippen molar-refractivity contribution < 1.29 is 0 Å². The van der Waals surface area contributed by atoms with Gasteiger partial charge in [0.25, 0.3) is 0 Å². The maximum absolute atomic E-state index is 2.61. The topological polar surface area (TPSA) is 3.24 Å². The van der Waals surface area contributed by atoms with Crippen LogP contribution in [0, 0.1) is 5.92 Å². The first-order chi connectivity index (χ1) is 14.4. The van der Waals surface area contributed by atoms with Gasteiger partial charge in [0.2, 0.25) is 0 Å². The largest absolute Gasteiger partial charge is 0.294 e. The average molecular weight is 373 g/mol. The predicted molar refractivity (Wildman–Crippen MR) is 123 cm³/mol. The molecule has 0 saturated heterocycles. The van der Waals surface area contributed by atoms with Crippen molar-refractivity contribution in [3.63, 3.8) is 0 Å². The van der Waals surface area contributed by atoms with Crippen LogP contribution in [0.25, 0.3) is 32.7 Å². The fourth-order valence-corrected chi connectivity index (χ4v) is 5.05. The van der Waals surface area contributed by atoms with E-state index < -0.39 is 0 Å². The third-order valence-electron chi connectivity index (χ3n) is 6.37. The minimum Gasteiger partial charge on any atom is -0.294 e. The van der Waals surface area contributed by atoms with Gasteiger partial charge in [-0.1, -0.05) is 97.1 Å². The maximum Gasteiger partial charge on any atom is 0.0244 e. The Balaban J connectivity index is 1.62. The second kappa shape index (κ2) is 6.72. The van der Waals surface area contributed by atoms with Crippen LogP contribution in [0.1, 0.15) is 11.1 Å². The number of hydrogen-bond acceptors (Lipinski definition) is 1. The van der Waals surface area contributed by atoms with Gasteiger partial charge in [0.15, 0.2) is 0 Å². The van der Waals surface area contributed by atoms with Crippen LogP contribution in [0.2, 0.25) is 0 Å². The van der Waals surface area contributed by atoms with Gasteiger partial charge in [-0.2, -0.15) is 0 Å². The molecule has 4 aromatic rings. The van der Waals surface area contributed by atoms with Crippen LogP contribution in [0.4, 0.5) is 0 Å². The molecule has 0 atom stereocenters. The van der Waals surface area contributed by atoms with Crippen LogP contribution in [0.3, 0.4) is 0 Å². The molecular formula is C28H23N. The standard InChI is InChI=1S/C28H23N/c1-2-8-20(7-1)17-29-18-23-15-13-21-9-3-5-11-25(21)27(23)28-24(19-29)16-14-22-10-4-6-12-26(22)28/h1-16,20H,17-19H2. The Kier molecular flexibility index (Phi) is 3.88. The van der Waals surface area contributed by atoms with E-state index in [9.17, 15) is 0 Å². The number of rotatable bonds is 2. The first-order valence-electron chi connectivity index (χ1n) is 10.5. The molecule has 0 spiro atoms. The summed E-state index contributed by atoms with van der Waals surface area (Å²) in [6.45, 7) is 3.04. The zero-order valence-corrected chi connectivity index (χ0v) is 16.4. The molecule has 2 aliphatic rings. The van der Waals surface area contributed by atoms with Crippen LogP contribution in [-0.4, -0.2) is 11.4 Å². The van der Waals surface area contributed by atoms with Gasteiger partial charge in [0, 0.05) is 25.6 Å². The summed E-state index contributed by atoms with van der Waals surface area (Å²) in [5, 5.41) is 5.37. The van der Waals surface area contributed by atoms with Crippen molar-refractivity contribution >= 4 is 21.5 Å². The minimum atomic E-state index is 0.515. The highest BCUT2D eigenvalue weighted by Crippen LogP contribution is 2.42. The molecule has 0 aromatic heterocycles. The number of allylic oxidation sites excluding steroid dienone is 2. The fourth-order valence-electron chi connectivity index (χ4n) is 5.05. The van der Waals surface area contributed by atoms with Crippen LogP contribution < -0.4 is 0 Å². The lowest BCUT2D eigenvalue weighted by molar-refractivity contribution is 0.247. The Morgan fingerprint density at radius 2 is 1.14 bits per heavy atom. The van der Waals surface area contributed by atoms with E-state index in [1.807, 2.05) is 0 Å². The molecule has 0 bridgehead atoms. The van der Waals surface area contributed by atoms with Crippen molar-refractivity contribution in [2.45, 2.75) is 13.1 Å². The summed E-state index contributed by atoms with van der Waals surface area (Å²) in [7, 11) is 0. The average Bonchev–Trinajstić information content (AvgIpc) is 3.20. The van der Waals surface area contributed by atoms with Crippen molar-refractivity contribution in [1.82, 2.24) is 4.90 Å². The number of nitrogens with zero attached hydrogens (tertiary/aromatic N) is 1. The lowest BCUT2D eigenvalue weighted by Gasteiger charge is -2.23. The van der Waals surface area contributed by atoms with Crippen LogP contribution in [-0.2, 0) is 13.1 Å². The van der Waals surface area contributed by atoms with E-state index in [2.05, 4.69) is 102 Å². The summed E-state index contributed by atoms with van der Waals surface area (Å²) in [6, 6.07) is 26.9. The third kappa shape index (κ3) is 2.82. The summed E-state index contributed by atoms with van der Waals surface area (Å²) in [5.41, 5.74) is 5.72. The summed E-state index contributed by atoms with van der Waals surface area (Å²) in [4.78, 5) is 2.61. The van der Waals surface area contributed by atoms with Gasteiger partial charge in [0.1, 0.15) is 0 Å². The molecule has 1 heteroatoms. The summed E-state index contributed by atoms with van der Waals surface area (Å²) >= 11 is 0. The number of fused-ring (bicyclic) bond motifs is 7. The van der Waals surface area contributed by atoms with E-state index >= 15 is 0 Å². The first-order valence-corrected chi connectivity index (χ1v) is 10.5. The van der Waals surface area contributed by atoms with Crippen molar-refractivity contribution in [2.24, 2.45) is 5.92 Å². The normalized spacial score (nSPS) is 16.3. The molecule has 0 N–H and O–H groups in total. The lowest BCUT2D eigenvalue weighted by Crippen LogP contribution is -2.26. The van der Waals surface area contributed by atoms with Gasteiger partial charge in [-0.15, -0.1) is 0 Å². The highest BCUT2D eigenvalue weighted by molar-refractivity contribution is 6.08. The predicted octanol–water partition coefficient (Wildman–Crippen LogP) is 6.72. The summed E-state index contributed by atoms with van der Waals surface area (Å²) < 4.78 is 0. The number of hydrogen-bond donors (Lipinski definition) is 0. The van der Waals surface area contributed by atoms with Gasteiger partial charge < -0.3 is 0 Å². The van der Waals surface area contributed by atoms with E-state index in [-0.39, 0.29) is 0 Å². The molecule has 0 amide bonds. The van der Waals surface area contributed by atoms with Crippen LogP contribution in [0.5, 0.6) is 0 Å². The van der Waals surface area contributed by atoms with Crippen molar-refractivity contribution in [3.05, 3.63) is 108 Å². The smallest absolute Gasteiger partial charge is 0.0244 e. The molecule has 1 aliphatic carbocycles. The van der Waals surface area contributed by atoms with E-state index in [4.69, 9.17) is 0 Å². The molecular weight excluding hydrogens is 350 g/mol. The lowest BCUT2D eigenvalue weighted by atomic mass is 9.88. The fraction of sp³-hybridized carbons (Fsp3) is 0.143. The highest BCUT2D eigenvalue weighted by Gasteiger charge is 2.24. The van der Waals surface area contributed by atoms with Crippen LogP contribution in [0.15, 0.2) is 97.1 Å². The molecule has 0 fully saturated rings.